The molecule has 1 heterocycles. The third kappa shape index (κ3) is 4.87. The summed E-state index contributed by atoms with van der Waals surface area (Å²) in [6.45, 7) is 0.556. The van der Waals surface area contributed by atoms with Crippen LogP contribution in [0.25, 0.3) is 11.3 Å². The van der Waals surface area contributed by atoms with Crippen molar-refractivity contribution in [2.45, 2.75) is 51.0 Å². The second kappa shape index (κ2) is 9.16. The van der Waals surface area contributed by atoms with E-state index in [1.54, 1.807) is 11.3 Å². The molecule has 1 N–H and O–H groups in total. The highest BCUT2D eigenvalue weighted by Crippen LogP contribution is 2.33. The Morgan fingerprint density at radius 2 is 1.75 bits per heavy atom. The lowest BCUT2D eigenvalue weighted by Gasteiger charge is -2.22. The molecule has 0 saturated heterocycles. The van der Waals surface area contributed by atoms with Crippen LogP contribution in [0.5, 0.6) is 0 Å². The molecule has 1 aliphatic rings. The second-order valence-electron chi connectivity index (χ2n) is 7.52. The van der Waals surface area contributed by atoms with E-state index in [4.69, 9.17) is 0 Å². The highest BCUT2D eigenvalue weighted by atomic mass is 32.1. The van der Waals surface area contributed by atoms with E-state index in [1.165, 1.54) is 37.7 Å². The Kier molecular flexibility index (Phi) is 6.17. The van der Waals surface area contributed by atoms with Gasteiger partial charge in [0.2, 0.25) is 5.91 Å². The van der Waals surface area contributed by atoms with Gasteiger partial charge < -0.3 is 5.32 Å². The fourth-order valence-corrected chi connectivity index (χ4v) is 4.68. The number of aromatic nitrogens is 1. The molecule has 1 saturated carbocycles. The number of hydrogen-bond acceptors (Lipinski definition) is 3. The van der Waals surface area contributed by atoms with Gasteiger partial charge >= 0.3 is 0 Å². The van der Waals surface area contributed by atoms with E-state index in [-0.39, 0.29) is 5.91 Å². The summed E-state index contributed by atoms with van der Waals surface area (Å²) in [5.74, 6) is 0.736. The van der Waals surface area contributed by atoms with Crippen LogP contribution in [0.15, 0.2) is 60.0 Å². The standard InChI is InChI=1S/C24H26N2OS/c27-23(25-16-18-7-3-1-4-8-18)15-24-26-22(17-28-24)21-13-11-20(12-14-21)19-9-5-2-6-10-19/h1,3-4,7-8,11-14,17,19H,2,5-6,9-10,15-16H2,(H,25,27). The van der Waals surface area contributed by atoms with Crippen molar-refractivity contribution in [1.29, 1.82) is 0 Å². The quantitative estimate of drug-likeness (QED) is 0.585. The summed E-state index contributed by atoms with van der Waals surface area (Å²) in [4.78, 5) is 16.9. The summed E-state index contributed by atoms with van der Waals surface area (Å²) in [5.41, 5.74) is 4.66. The summed E-state index contributed by atoms with van der Waals surface area (Å²) in [7, 11) is 0. The zero-order valence-corrected chi connectivity index (χ0v) is 16.9. The Morgan fingerprint density at radius 1 is 1.00 bits per heavy atom. The van der Waals surface area contributed by atoms with Gasteiger partial charge in [0.25, 0.3) is 0 Å². The van der Waals surface area contributed by atoms with E-state index in [1.807, 2.05) is 30.3 Å². The molecule has 28 heavy (non-hydrogen) atoms. The molecule has 3 nitrogen and oxygen atoms in total. The monoisotopic (exact) mass is 390 g/mol. The zero-order chi connectivity index (χ0) is 19.2. The molecule has 144 valence electrons. The number of amides is 1. The number of thiazole rings is 1. The van der Waals surface area contributed by atoms with Crippen molar-refractivity contribution >= 4 is 17.2 Å². The molecule has 0 unspecified atom stereocenters. The van der Waals surface area contributed by atoms with E-state index in [0.29, 0.717) is 13.0 Å². The summed E-state index contributed by atoms with van der Waals surface area (Å²) in [6.07, 6.45) is 7.06. The Hall–Kier alpha value is -2.46. The van der Waals surface area contributed by atoms with Gasteiger partial charge in [-0.1, -0.05) is 73.9 Å². The average Bonchev–Trinajstić information content (AvgIpc) is 3.22. The molecule has 4 rings (SSSR count). The number of hydrogen-bond donors (Lipinski definition) is 1. The lowest BCUT2D eigenvalue weighted by molar-refractivity contribution is -0.120. The molecule has 1 fully saturated rings. The van der Waals surface area contributed by atoms with Crippen molar-refractivity contribution in [3.05, 3.63) is 76.1 Å². The molecule has 0 spiro atoms. The highest BCUT2D eigenvalue weighted by molar-refractivity contribution is 7.10. The number of carbonyl (C=O) groups excluding carboxylic acids is 1. The van der Waals surface area contributed by atoms with Crippen molar-refractivity contribution in [1.82, 2.24) is 10.3 Å². The average molecular weight is 391 g/mol. The largest absolute Gasteiger partial charge is 0.352 e. The van der Waals surface area contributed by atoms with Crippen molar-refractivity contribution in [3.8, 4) is 11.3 Å². The Morgan fingerprint density at radius 3 is 2.50 bits per heavy atom. The van der Waals surface area contributed by atoms with E-state index in [0.717, 1.165) is 27.7 Å². The summed E-state index contributed by atoms with van der Waals surface area (Å²) in [5, 5.41) is 5.88. The minimum absolute atomic E-state index is 0.0115. The normalized spacial score (nSPS) is 14.7. The zero-order valence-electron chi connectivity index (χ0n) is 16.1. The van der Waals surface area contributed by atoms with Gasteiger partial charge in [-0.2, -0.15) is 0 Å². The first-order valence-corrected chi connectivity index (χ1v) is 11.0. The summed E-state index contributed by atoms with van der Waals surface area (Å²) in [6, 6.07) is 18.8. The first kappa shape index (κ1) is 18.9. The Labute approximate surface area is 170 Å². The van der Waals surface area contributed by atoms with Gasteiger partial charge in [0.05, 0.1) is 12.1 Å². The minimum Gasteiger partial charge on any atom is -0.352 e. The lowest BCUT2D eigenvalue weighted by atomic mass is 9.84. The van der Waals surface area contributed by atoms with Gasteiger partial charge in [-0.3, -0.25) is 4.79 Å². The van der Waals surface area contributed by atoms with Gasteiger partial charge in [-0.15, -0.1) is 11.3 Å². The van der Waals surface area contributed by atoms with Gasteiger partial charge in [0.1, 0.15) is 5.01 Å². The third-order valence-electron chi connectivity index (χ3n) is 5.48. The maximum atomic E-state index is 12.2. The maximum absolute atomic E-state index is 12.2. The van der Waals surface area contributed by atoms with Crippen molar-refractivity contribution in [2.24, 2.45) is 0 Å². The van der Waals surface area contributed by atoms with Crippen molar-refractivity contribution < 1.29 is 4.79 Å². The van der Waals surface area contributed by atoms with Gasteiger partial charge in [-0.05, 0) is 29.9 Å². The Bertz CT molecular complexity index is 896. The maximum Gasteiger partial charge on any atom is 0.227 e. The van der Waals surface area contributed by atoms with Crippen LogP contribution < -0.4 is 5.32 Å². The predicted molar refractivity (Wildman–Crippen MR) is 115 cm³/mol. The van der Waals surface area contributed by atoms with Crippen LogP contribution >= 0.6 is 11.3 Å². The number of nitrogens with one attached hydrogen (secondary N) is 1. The number of carbonyl (C=O) groups is 1. The van der Waals surface area contributed by atoms with E-state index < -0.39 is 0 Å². The van der Waals surface area contributed by atoms with E-state index >= 15 is 0 Å². The summed E-state index contributed by atoms with van der Waals surface area (Å²) >= 11 is 1.55. The topological polar surface area (TPSA) is 42.0 Å². The smallest absolute Gasteiger partial charge is 0.227 e. The molecule has 3 aromatic rings. The van der Waals surface area contributed by atoms with Crippen molar-refractivity contribution in [2.75, 3.05) is 0 Å². The van der Waals surface area contributed by atoms with Crippen LogP contribution in [0.4, 0.5) is 0 Å². The molecular formula is C24H26N2OS. The molecule has 0 aliphatic heterocycles. The molecule has 0 atom stereocenters. The molecular weight excluding hydrogens is 364 g/mol. The number of benzene rings is 2. The van der Waals surface area contributed by atoms with Crippen LogP contribution in [0.2, 0.25) is 0 Å². The summed E-state index contributed by atoms with van der Waals surface area (Å²) < 4.78 is 0. The third-order valence-corrected chi connectivity index (χ3v) is 6.33. The van der Waals surface area contributed by atoms with Crippen LogP contribution in [0.3, 0.4) is 0 Å². The lowest BCUT2D eigenvalue weighted by Crippen LogP contribution is -2.24. The molecule has 0 radical (unpaired) electrons. The second-order valence-corrected chi connectivity index (χ2v) is 8.47. The molecule has 1 amide bonds. The molecule has 2 aromatic carbocycles. The first-order valence-electron chi connectivity index (χ1n) is 10.1. The van der Waals surface area contributed by atoms with E-state index in [9.17, 15) is 4.79 Å². The number of rotatable bonds is 6. The fourth-order valence-electron chi connectivity index (χ4n) is 3.88. The fraction of sp³-hybridized carbons (Fsp3) is 0.333. The van der Waals surface area contributed by atoms with E-state index in [2.05, 4.69) is 39.9 Å². The van der Waals surface area contributed by atoms with Crippen LogP contribution in [0.1, 0.15) is 54.2 Å². The molecule has 0 bridgehead atoms. The van der Waals surface area contributed by atoms with Crippen LogP contribution in [-0.2, 0) is 17.8 Å². The van der Waals surface area contributed by atoms with Gasteiger partial charge in [0.15, 0.2) is 0 Å². The first-order chi connectivity index (χ1) is 13.8. The van der Waals surface area contributed by atoms with Gasteiger partial charge in [-0.25, -0.2) is 4.98 Å². The molecule has 1 aromatic heterocycles. The molecule has 1 aliphatic carbocycles. The highest BCUT2D eigenvalue weighted by Gasteiger charge is 2.15. The number of nitrogens with zero attached hydrogens (tertiary/aromatic N) is 1. The van der Waals surface area contributed by atoms with Gasteiger partial charge in [0, 0.05) is 17.5 Å². The van der Waals surface area contributed by atoms with Crippen LogP contribution in [0, 0.1) is 0 Å². The van der Waals surface area contributed by atoms with Crippen LogP contribution in [-0.4, -0.2) is 10.9 Å². The Balaban J connectivity index is 1.34. The SMILES string of the molecule is O=C(Cc1nc(-c2ccc(C3CCCCC3)cc2)cs1)NCc1ccccc1. The minimum atomic E-state index is 0.0115. The van der Waals surface area contributed by atoms with Crippen molar-refractivity contribution in [3.63, 3.8) is 0 Å². The molecule has 4 heteroatoms. The predicted octanol–water partition coefficient (Wildman–Crippen LogP) is 5.72.